The molecule has 0 unspecified atom stereocenters. The Morgan fingerprint density at radius 1 is 1.24 bits per heavy atom. The first-order valence-corrected chi connectivity index (χ1v) is 8.50. The van der Waals surface area contributed by atoms with Crippen molar-refractivity contribution >= 4 is 16.8 Å². The maximum Gasteiger partial charge on any atom is 0.275 e. The van der Waals surface area contributed by atoms with Gasteiger partial charge in [0, 0.05) is 38.0 Å². The fourth-order valence-electron chi connectivity index (χ4n) is 3.32. The summed E-state index contributed by atoms with van der Waals surface area (Å²) in [4.78, 5) is 19.4. The van der Waals surface area contributed by atoms with Gasteiger partial charge in [0.15, 0.2) is 5.69 Å². The van der Waals surface area contributed by atoms with E-state index in [0.29, 0.717) is 31.3 Å². The lowest BCUT2D eigenvalue weighted by Gasteiger charge is -2.28. The van der Waals surface area contributed by atoms with Gasteiger partial charge in [-0.2, -0.15) is 5.10 Å². The van der Waals surface area contributed by atoms with E-state index in [1.807, 2.05) is 55.3 Å². The minimum Gasteiger partial charge on any atom is -0.478 e. The van der Waals surface area contributed by atoms with Crippen LogP contribution in [-0.4, -0.2) is 38.7 Å². The van der Waals surface area contributed by atoms with E-state index in [1.165, 1.54) is 0 Å². The number of carbonyl (C=O) groups is 1. The van der Waals surface area contributed by atoms with Crippen LogP contribution in [0.1, 0.15) is 28.7 Å². The largest absolute Gasteiger partial charge is 0.478 e. The molecule has 0 N–H and O–H groups in total. The Balaban J connectivity index is 1.61. The van der Waals surface area contributed by atoms with E-state index >= 15 is 0 Å². The number of carbonyl (C=O) groups excluding carboxylic acids is 1. The molecule has 6 nitrogen and oxygen atoms in total. The third-order valence-electron chi connectivity index (χ3n) is 4.56. The Bertz CT molecular complexity index is 948. The molecule has 1 aliphatic heterocycles. The Kier molecular flexibility index (Phi) is 3.87. The Morgan fingerprint density at radius 3 is 2.92 bits per heavy atom. The lowest BCUT2D eigenvalue weighted by molar-refractivity contribution is 0.0728. The van der Waals surface area contributed by atoms with Crippen LogP contribution < -0.4 is 4.74 Å². The Morgan fingerprint density at radius 2 is 2.08 bits per heavy atom. The maximum absolute atomic E-state index is 13.0. The van der Waals surface area contributed by atoms with Gasteiger partial charge in [-0.25, -0.2) is 4.98 Å². The summed E-state index contributed by atoms with van der Waals surface area (Å²) in [5.41, 5.74) is 3.57. The molecule has 0 saturated carbocycles. The van der Waals surface area contributed by atoms with Crippen LogP contribution in [0.3, 0.4) is 0 Å². The summed E-state index contributed by atoms with van der Waals surface area (Å²) in [6.45, 7) is 3.74. The number of aryl methyl sites for hydroxylation is 1. The molecule has 4 rings (SSSR count). The molecule has 128 valence electrons. The van der Waals surface area contributed by atoms with Crippen LogP contribution in [0.2, 0.25) is 0 Å². The average Bonchev–Trinajstić information content (AvgIpc) is 2.98. The van der Waals surface area contributed by atoms with Gasteiger partial charge in [-0.15, -0.1) is 0 Å². The van der Waals surface area contributed by atoms with Gasteiger partial charge >= 0.3 is 0 Å². The van der Waals surface area contributed by atoms with Gasteiger partial charge in [0.05, 0.1) is 17.8 Å². The zero-order chi connectivity index (χ0) is 17.4. The molecule has 3 heterocycles. The highest BCUT2D eigenvalue weighted by Gasteiger charge is 2.26. The number of para-hydroxylation sites is 1. The predicted molar refractivity (Wildman–Crippen MR) is 94.6 cm³/mol. The fourth-order valence-corrected chi connectivity index (χ4v) is 3.32. The molecular weight excluding hydrogens is 316 g/mol. The molecule has 25 heavy (non-hydrogen) atoms. The molecule has 1 amide bonds. The summed E-state index contributed by atoms with van der Waals surface area (Å²) >= 11 is 0. The Hall–Kier alpha value is -2.89. The molecule has 0 spiro atoms. The van der Waals surface area contributed by atoms with Crippen LogP contribution in [0.15, 0.2) is 36.4 Å². The number of ether oxygens (including phenoxy) is 1. The lowest BCUT2D eigenvalue weighted by atomic mass is 10.0. The van der Waals surface area contributed by atoms with Crippen LogP contribution in [0.4, 0.5) is 0 Å². The standard InChI is InChI=1S/C19H20N4O2/c1-3-25-17-9-8-13-12-23(11-10-15(13)20-17)19(24)18-14-6-4-5-7-16(14)22(2)21-18/h4-9H,3,10-12H2,1-2H3. The molecule has 3 aromatic rings. The number of aromatic nitrogens is 3. The highest BCUT2D eigenvalue weighted by atomic mass is 16.5. The minimum absolute atomic E-state index is 0.0312. The first kappa shape index (κ1) is 15.6. The van der Waals surface area contributed by atoms with Crippen LogP contribution in [0.5, 0.6) is 5.88 Å². The smallest absolute Gasteiger partial charge is 0.275 e. The zero-order valence-corrected chi connectivity index (χ0v) is 14.4. The van der Waals surface area contributed by atoms with E-state index in [1.54, 1.807) is 4.68 Å². The molecule has 6 heteroatoms. The highest BCUT2D eigenvalue weighted by Crippen LogP contribution is 2.24. The monoisotopic (exact) mass is 336 g/mol. The molecule has 1 aliphatic rings. The second-order valence-electron chi connectivity index (χ2n) is 6.15. The average molecular weight is 336 g/mol. The molecule has 1 aromatic carbocycles. The SMILES string of the molecule is CCOc1ccc2c(n1)CCN(C(=O)c1nn(C)c3ccccc13)C2. The third kappa shape index (κ3) is 2.73. The zero-order valence-electron chi connectivity index (χ0n) is 14.4. The van der Waals surface area contributed by atoms with Gasteiger partial charge in [-0.3, -0.25) is 9.48 Å². The summed E-state index contributed by atoms with van der Waals surface area (Å²) in [5.74, 6) is 0.619. The first-order valence-electron chi connectivity index (χ1n) is 8.50. The summed E-state index contributed by atoms with van der Waals surface area (Å²) < 4.78 is 7.22. The van der Waals surface area contributed by atoms with Crippen molar-refractivity contribution in [1.29, 1.82) is 0 Å². The van der Waals surface area contributed by atoms with Gasteiger partial charge in [0.1, 0.15) is 0 Å². The van der Waals surface area contributed by atoms with Crippen LogP contribution in [0.25, 0.3) is 10.9 Å². The third-order valence-corrected chi connectivity index (χ3v) is 4.56. The number of nitrogens with zero attached hydrogens (tertiary/aromatic N) is 4. The number of hydrogen-bond acceptors (Lipinski definition) is 4. The fraction of sp³-hybridized carbons (Fsp3) is 0.316. The van der Waals surface area contributed by atoms with Gasteiger partial charge < -0.3 is 9.64 Å². The van der Waals surface area contributed by atoms with Crippen LogP contribution in [0, 0.1) is 0 Å². The Labute approximate surface area is 146 Å². The van der Waals surface area contributed by atoms with Crippen molar-refractivity contribution in [3.8, 4) is 5.88 Å². The number of fused-ring (bicyclic) bond motifs is 2. The van der Waals surface area contributed by atoms with Gasteiger partial charge in [-0.05, 0) is 18.6 Å². The summed E-state index contributed by atoms with van der Waals surface area (Å²) in [6, 6.07) is 11.7. The summed E-state index contributed by atoms with van der Waals surface area (Å²) in [5, 5.41) is 5.34. The van der Waals surface area contributed by atoms with E-state index in [-0.39, 0.29) is 5.91 Å². The second-order valence-corrected chi connectivity index (χ2v) is 6.15. The molecule has 0 atom stereocenters. The van der Waals surface area contributed by atoms with E-state index in [0.717, 1.165) is 28.6 Å². The van der Waals surface area contributed by atoms with Crippen molar-refractivity contribution in [2.24, 2.45) is 7.05 Å². The van der Waals surface area contributed by atoms with Crippen LogP contribution in [-0.2, 0) is 20.0 Å². The molecule has 0 fully saturated rings. The van der Waals surface area contributed by atoms with Crippen LogP contribution >= 0.6 is 0 Å². The van der Waals surface area contributed by atoms with Crippen molar-refractivity contribution in [2.75, 3.05) is 13.2 Å². The number of amides is 1. The molecule has 0 radical (unpaired) electrons. The number of rotatable bonds is 3. The van der Waals surface area contributed by atoms with Crippen molar-refractivity contribution in [3.05, 3.63) is 53.3 Å². The van der Waals surface area contributed by atoms with Crippen molar-refractivity contribution in [1.82, 2.24) is 19.7 Å². The molecule has 0 bridgehead atoms. The van der Waals surface area contributed by atoms with Gasteiger partial charge in [0.25, 0.3) is 5.91 Å². The quantitative estimate of drug-likeness (QED) is 0.737. The molecular formula is C19H20N4O2. The summed E-state index contributed by atoms with van der Waals surface area (Å²) in [6.07, 6.45) is 0.729. The highest BCUT2D eigenvalue weighted by molar-refractivity contribution is 6.04. The van der Waals surface area contributed by atoms with E-state index in [9.17, 15) is 4.79 Å². The van der Waals surface area contributed by atoms with Crippen molar-refractivity contribution in [3.63, 3.8) is 0 Å². The molecule has 0 aliphatic carbocycles. The van der Waals surface area contributed by atoms with Gasteiger partial charge in [0.2, 0.25) is 5.88 Å². The second kappa shape index (κ2) is 6.20. The minimum atomic E-state index is -0.0312. The van der Waals surface area contributed by atoms with Crippen molar-refractivity contribution < 1.29 is 9.53 Å². The summed E-state index contributed by atoms with van der Waals surface area (Å²) in [7, 11) is 1.86. The van der Waals surface area contributed by atoms with Gasteiger partial charge in [-0.1, -0.05) is 24.3 Å². The predicted octanol–water partition coefficient (Wildman–Crippen LogP) is 2.57. The van der Waals surface area contributed by atoms with E-state index < -0.39 is 0 Å². The number of hydrogen-bond donors (Lipinski definition) is 0. The molecule has 2 aromatic heterocycles. The van der Waals surface area contributed by atoms with E-state index in [2.05, 4.69) is 10.1 Å². The number of benzene rings is 1. The lowest BCUT2D eigenvalue weighted by Crippen LogP contribution is -2.36. The normalized spacial score (nSPS) is 13.8. The van der Waals surface area contributed by atoms with E-state index in [4.69, 9.17) is 4.74 Å². The van der Waals surface area contributed by atoms with Crippen molar-refractivity contribution in [2.45, 2.75) is 19.9 Å². The topological polar surface area (TPSA) is 60.2 Å². The number of pyridine rings is 1. The first-order chi connectivity index (χ1) is 12.2. The maximum atomic E-state index is 13.0. The molecule has 0 saturated heterocycles.